The highest BCUT2D eigenvalue weighted by atomic mass is 32.2. The van der Waals surface area contributed by atoms with Gasteiger partial charge in [-0.1, -0.05) is 0 Å². The SMILES string of the molecule is COC(=O)c1csc(S(=O)(=O)NC(C)C(=O)O)c1. The quantitative estimate of drug-likeness (QED) is 0.755. The summed E-state index contributed by atoms with van der Waals surface area (Å²) in [5.74, 6) is -1.94. The van der Waals surface area contributed by atoms with Crippen molar-refractivity contribution >= 4 is 33.3 Å². The number of methoxy groups -OCH3 is 1. The number of carbonyl (C=O) groups is 2. The van der Waals surface area contributed by atoms with E-state index in [-0.39, 0.29) is 9.77 Å². The highest BCUT2D eigenvalue weighted by Gasteiger charge is 2.24. The highest BCUT2D eigenvalue weighted by molar-refractivity contribution is 7.91. The Morgan fingerprint density at radius 1 is 1.50 bits per heavy atom. The lowest BCUT2D eigenvalue weighted by molar-refractivity contribution is -0.138. The van der Waals surface area contributed by atoms with Crippen LogP contribution < -0.4 is 4.72 Å². The Kier molecular flexibility index (Phi) is 4.43. The normalized spacial score (nSPS) is 13.0. The fourth-order valence-electron chi connectivity index (χ4n) is 1.02. The zero-order valence-electron chi connectivity index (χ0n) is 9.54. The van der Waals surface area contributed by atoms with Crippen molar-refractivity contribution in [2.75, 3.05) is 7.11 Å². The summed E-state index contributed by atoms with van der Waals surface area (Å²) in [6.07, 6.45) is 0. The van der Waals surface area contributed by atoms with Crippen molar-refractivity contribution in [1.82, 2.24) is 4.72 Å². The summed E-state index contributed by atoms with van der Waals surface area (Å²) in [6.45, 7) is 1.20. The highest BCUT2D eigenvalue weighted by Crippen LogP contribution is 2.20. The van der Waals surface area contributed by atoms with Gasteiger partial charge >= 0.3 is 11.9 Å². The largest absolute Gasteiger partial charge is 0.480 e. The Hall–Kier alpha value is -1.45. The monoisotopic (exact) mass is 293 g/mol. The van der Waals surface area contributed by atoms with E-state index in [4.69, 9.17) is 5.11 Å². The molecule has 0 saturated heterocycles. The summed E-state index contributed by atoms with van der Waals surface area (Å²) in [4.78, 5) is 21.7. The molecule has 1 aromatic rings. The third kappa shape index (κ3) is 3.28. The van der Waals surface area contributed by atoms with Crippen molar-refractivity contribution in [3.8, 4) is 0 Å². The molecule has 9 heteroatoms. The predicted molar refractivity (Wildman–Crippen MR) is 63.1 cm³/mol. The summed E-state index contributed by atoms with van der Waals surface area (Å²) in [7, 11) is -2.77. The Morgan fingerprint density at radius 2 is 2.11 bits per heavy atom. The fourth-order valence-corrected chi connectivity index (χ4v) is 3.39. The number of carbonyl (C=O) groups excluding carboxylic acids is 1. The third-order valence-electron chi connectivity index (χ3n) is 1.96. The average molecular weight is 293 g/mol. The van der Waals surface area contributed by atoms with Crippen LogP contribution in [0.3, 0.4) is 0 Å². The number of esters is 1. The molecule has 2 N–H and O–H groups in total. The molecule has 0 radical (unpaired) electrons. The lowest BCUT2D eigenvalue weighted by atomic mass is 10.3. The molecule has 0 spiro atoms. The van der Waals surface area contributed by atoms with Crippen molar-refractivity contribution in [2.24, 2.45) is 0 Å². The van der Waals surface area contributed by atoms with E-state index in [1.54, 1.807) is 0 Å². The van der Waals surface area contributed by atoms with Crippen LogP contribution in [0, 0.1) is 0 Å². The van der Waals surface area contributed by atoms with Gasteiger partial charge in [-0.3, -0.25) is 4.79 Å². The zero-order chi connectivity index (χ0) is 13.9. The van der Waals surface area contributed by atoms with Crippen LogP contribution in [-0.2, 0) is 19.6 Å². The van der Waals surface area contributed by atoms with Crippen LogP contribution in [0.25, 0.3) is 0 Å². The molecule has 1 rings (SSSR count). The van der Waals surface area contributed by atoms with Crippen LogP contribution in [0.2, 0.25) is 0 Å². The van der Waals surface area contributed by atoms with Crippen LogP contribution in [0.1, 0.15) is 17.3 Å². The van der Waals surface area contributed by atoms with E-state index in [2.05, 4.69) is 4.74 Å². The van der Waals surface area contributed by atoms with Crippen molar-refractivity contribution in [2.45, 2.75) is 17.2 Å². The Bertz CT molecular complexity index is 561. The fraction of sp³-hybridized carbons (Fsp3) is 0.333. The number of hydrogen-bond donors (Lipinski definition) is 2. The van der Waals surface area contributed by atoms with Crippen LogP contribution in [0.5, 0.6) is 0 Å². The number of carboxylic acid groups (broad SMARTS) is 1. The van der Waals surface area contributed by atoms with Gasteiger partial charge in [-0.15, -0.1) is 11.3 Å². The maximum atomic E-state index is 11.8. The van der Waals surface area contributed by atoms with Crippen molar-refractivity contribution in [3.63, 3.8) is 0 Å². The topological polar surface area (TPSA) is 110 Å². The summed E-state index contributed by atoms with van der Waals surface area (Å²) < 4.78 is 29.8. The van der Waals surface area contributed by atoms with E-state index in [1.165, 1.54) is 19.4 Å². The second-order valence-electron chi connectivity index (χ2n) is 3.33. The van der Waals surface area contributed by atoms with E-state index >= 15 is 0 Å². The maximum absolute atomic E-state index is 11.8. The number of sulfonamides is 1. The van der Waals surface area contributed by atoms with E-state index in [1.807, 2.05) is 4.72 Å². The lowest BCUT2D eigenvalue weighted by Gasteiger charge is -2.07. The smallest absolute Gasteiger partial charge is 0.338 e. The van der Waals surface area contributed by atoms with Gasteiger partial charge in [0.1, 0.15) is 10.3 Å². The number of ether oxygens (including phenoxy) is 1. The molecule has 0 aliphatic carbocycles. The molecule has 0 amide bonds. The van der Waals surface area contributed by atoms with Crippen molar-refractivity contribution < 1.29 is 27.9 Å². The van der Waals surface area contributed by atoms with Crippen LogP contribution in [0.15, 0.2) is 15.7 Å². The molecule has 0 aliphatic rings. The molecule has 7 nitrogen and oxygen atoms in total. The first-order valence-corrected chi connectivity index (χ1v) is 7.06. The van der Waals surface area contributed by atoms with E-state index < -0.39 is 28.0 Å². The van der Waals surface area contributed by atoms with Gasteiger partial charge in [0.05, 0.1) is 12.7 Å². The van der Waals surface area contributed by atoms with Gasteiger partial charge in [0.25, 0.3) is 10.0 Å². The molecule has 1 atom stereocenters. The molecule has 100 valence electrons. The number of hydrogen-bond acceptors (Lipinski definition) is 6. The molecule has 0 aliphatic heterocycles. The average Bonchev–Trinajstić information content (AvgIpc) is 2.77. The van der Waals surface area contributed by atoms with Gasteiger partial charge in [-0.2, -0.15) is 4.72 Å². The van der Waals surface area contributed by atoms with Gasteiger partial charge in [0.2, 0.25) is 0 Å². The molecule has 0 fully saturated rings. The van der Waals surface area contributed by atoms with Crippen LogP contribution in [0.4, 0.5) is 0 Å². The Balaban J connectivity index is 2.96. The molecular formula is C9H11NO6S2. The minimum atomic E-state index is -3.95. The van der Waals surface area contributed by atoms with E-state index in [9.17, 15) is 18.0 Å². The summed E-state index contributed by atoms with van der Waals surface area (Å²) in [5, 5.41) is 9.95. The van der Waals surface area contributed by atoms with E-state index in [0.29, 0.717) is 0 Å². The van der Waals surface area contributed by atoms with Gasteiger partial charge in [0.15, 0.2) is 0 Å². The van der Waals surface area contributed by atoms with Crippen LogP contribution in [-0.4, -0.2) is 38.6 Å². The lowest BCUT2D eigenvalue weighted by Crippen LogP contribution is -2.37. The molecule has 0 saturated carbocycles. The molecule has 1 unspecified atom stereocenters. The minimum absolute atomic E-state index is 0.103. The second-order valence-corrected chi connectivity index (χ2v) is 6.18. The van der Waals surface area contributed by atoms with Crippen molar-refractivity contribution in [1.29, 1.82) is 0 Å². The van der Waals surface area contributed by atoms with Gasteiger partial charge in [0, 0.05) is 5.38 Å². The molecule has 1 aromatic heterocycles. The third-order valence-corrected chi connectivity index (χ3v) is 4.94. The number of rotatable bonds is 5. The summed E-state index contributed by atoms with van der Waals surface area (Å²) in [5.41, 5.74) is 0.103. The summed E-state index contributed by atoms with van der Waals surface area (Å²) in [6, 6.07) is -0.119. The number of aliphatic carboxylic acids is 1. The first-order valence-electron chi connectivity index (χ1n) is 4.70. The Morgan fingerprint density at radius 3 is 2.61 bits per heavy atom. The molecule has 18 heavy (non-hydrogen) atoms. The number of nitrogens with one attached hydrogen (secondary N) is 1. The standard InChI is InChI=1S/C9H11NO6S2/c1-5(8(11)12)10-18(14,15)7-3-6(4-17-7)9(13)16-2/h3-5,10H,1-2H3,(H,11,12). The molecule has 0 aromatic carbocycles. The first kappa shape index (κ1) is 14.6. The summed E-state index contributed by atoms with van der Waals surface area (Å²) >= 11 is 0.810. The van der Waals surface area contributed by atoms with Gasteiger partial charge in [-0.05, 0) is 13.0 Å². The molecule has 0 bridgehead atoms. The zero-order valence-corrected chi connectivity index (χ0v) is 11.2. The van der Waals surface area contributed by atoms with Gasteiger partial charge in [-0.25, -0.2) is 13.2 Å². The molecule has 1 heterocycles. The Labute approximate surface area is 107 Å². The second kappa shape index (κ2) is 5.46. The first-order chi connectivity index (χ1) is 8.27. The van der Waals surface area contributed by atoms with Crippen molar-refractivity contribution in [3.05, 3.63) is 17.0 Å². The maximum Gasteiger partial charge on any atom is 0.338 e. The predicted octanol–water partition coefficient (Wildman–Crippen LogP) is 0.286. The minimum Gasteiger partial charge on any atom is -0.480 e. The van der Waals surface area contributed by atoms with Crippen LogP contribution >= 0.6 is 11.3 Å². The van der Waals surface area contributed by atoms with E-state index in [0.717, 1.165) is 17.4 Å². The number of thiophene rings is 1. The number of carboxylic acids is 1. The van der Waals surface area contributed by atoms with Gasteiger partial charge < -0.3 is 9.84 Å². The molecular weight excluding hydrogens is 282 g/mol.